The lowest BCUT2D eigenvalue weighted by Crippen LogP contribution is -2.37. The van der Waals surface area contributed by atoms with Crippen LogP contribution < -0.4 is 15.5 Å². The minimum atomic E-state index is -3.75. The summed E-state index contributed by atoms with van der Waals surface area (Å²) in [7, 11) is 1.64. The minimum Gasteiger partial charge on any atom is -0.349 e. The molecule has 3 rings (SSSR count). The lowest BCUT2D eigenvalue weighted by Gasteiger charge is -2.26. The van der Waals surface area contributed by atoms with Crippen molar-refractivity contribution in [2.45, 2.75) is 5.92 Å². The highest BCUT2D eigenvalue weighted by atomic mass is 19.3. The Balaban J connectivity index is 1.74. The summed E-state index contributed by atoms with van der Waals surface area (Å²) in [5, 5.41) is 4.53. The molecule has 0 bridgehead atoms. The predicted octanol–water partition coefficient (Wildman–Crippen LogP) is 2.27. The van der Waals surface area contributed by atoms with Crippen LogP contribution >= 0.6 is 0 Å². The van der Waals surface area contributed by atoms with E-state index in [1.165, 1.54) is 12.3 Å². The number of likely N-dealkylation sites (N-methyl/N-ethyl adjacent to an activating group) is 1. The first-order valence-electron chi connectivity index (χ1n) is 7.80. The zero-order valence-electron chi connectivity index (χ0n) is 14.0. The lowest BCUT2D eigenvalue weighted by atomic mass is 10.1. The van der Waals surface area contributed by atoms with Gasteiger partial charge in [-0.3, -0.25) is 9.59 Å². The van der Waals surface area contributed by atoms with Crippen LogP contribution in [0.2, 0.25) is 0 Å². The summed E-state index contributed by atoms with van der Waals surface area (Å²) in [4.78, 5) is 29.3. The molecule has 0 unspecified atom stereocenters. The number of rotatable bonds is 4. The van der Waals surface area contributed by atoms with E-state index in [1.807, 2.05) is 5.32 Å². The van der Waals surface area contributed by atoms with E-state index in [1.54, 1.807) is 11.9 Å². The number of benzene rings is 1. The Hall–Kier alpha value is -3.17. The number of nitrogens with one attached hydrogen (secondary N) is 2. The van der Waals surface area contributed by atoms with Gasteiger partial charge in [0, 0.05) is 19.3 Å². The summed E-state index contributed by atoms with van der Waals surface area (Å²) in [6, 6.07) is 2.99. The van der Waals surface area contributed by atoms with Crippen LogP contribution in [0.25, 0.3) is 0 Å². The molecule has 0 atom stereocenters. The first-order valence-corrected chi connectivity index (χ1v) is 7.80. The van der Waals surface area contributed by atoms with Crippen molar-refractivity contribution in [3.05, 3.63) is 53.2 Å². The average molecular weight is 382 g/mol. The Morgan fingerprint density at radius 3 is 2.78 bits per heavy atom. The molecule has 0 aliphatic carbocycles. The Bertz CT molecular complexity index is 920. The first kappa shape index (κ1) is 18.6. The molecule has 6 nitrogen and oxygen atoms in total. The molecular weight excluding hydrogens is 368 g/mol. The molecule has 1 aromatic heterocycles. The van der Waals surface area contributed by atoms with E-state index in [2.05, 4.69) is 10.3 Å². The van der Waals surface area contributed by atoms with Crippen LogP contribution in [-0.4, -0.2) is 36.9 Å². The number of carbonyl (C=O) groups is 2. The summed E-state index contributed by atoms with van der Waals surface area (Å²) in [5.41, 5.74) is -0.806. The van der Waals surface area contributed by atoms with Gasteiger partial charge in [-0.1, -0.05) is 0 Å². The van der Waals surface area contributed by atoms with Gasteiger partial charge in [0.1, 0.15) is 11.6 Å². The molecule has 0 saturated carbocycles. The van der Waals surface area contributed by atoms with Gasteiger partial charge in [-0.05, 0) is 18.2 Å². The van der Waals surface area contributed by atoms with Crippen molar-refractivity contribution in [2.75, 3.05) is 30.4 Å². The second kappa shape index (κ2) is 6.86. The minimum absolute atomic E-state index is 0.0558. The monoisotopic (exact) mass is 382 g/mol. The predicted molar refractivity (Wildman–Crippen MR) is 88.7 cm³/mol. The average Bonchev–Trinajstić information content (AvgIpc) is 2.58. The molecule has 10 heteroatoms. The Morgan fingerprint density at radius 2 is 2.07 bits per heavy atom. The van der Waals surface area contributed by atoms with Gasteiger partial charge in [0.25, 0.3) is 11.8 Å². The van der Waals surface area contributed by atoms with Gasteiger partial charge in [-0.15, -0.1) is 0 Å². The van der Waals surface area contributed by atoms with Crippen LogP contribution in [0.5, 0.6) is 0 Å². The van der Waals surface area contributed by atoms with Crippen LogP contribution in [-0.2, 0) is 10.7 Å². The molecule has 2 N–H and O–H groups in total. The van der Waals surface area contributed by atoms with Gasteiger partial charge in [-0.25, -0.2) is 13.8 Å². The fourth-order valence-electron chi connectivity index (χ4n) is 2.63. The molecule has 1 aromatic carbocycles. The highest BCUT2D eigenvalue weighted by Crippen LogP contribution is 2.30. The molecule has 1 aliphatic heterocycles. The van der Waals surface area contributed by atoms with Crippen molar-refractivity contribution in [1.82, 2.24) is 10.3 Å². The molecule has 1 aliphatic rings. The Labute approximate surface area is 151 Å². The third kappa shape index (κ3) is 3.83. The van der Waals surface area contributed by atoms with Crippen molar-refractivity contribution in [2.24, 2.45) is 0 Å². The Kier molecular flexibility index (Phi) is 4.73. The van der Waals surface area contributed by atoms with E-state index < -0.39 is 35.6 Å². The van der Waals surface area contributed by atoms with Crippen LogP contribution in [0, 0.1) is 11.6 Å². The summed E-state index contributed by atoms with van der Waals surface area (Å²) >= 11 is 0. The number of amides is 2. The van der Waals surface area contributed by atoms with Crippen molar-refractivity contribution < 1.29 is 27.2 Å². The zero-order valence-corrected chi connectivity index (χ0v) is 14.0. The molecule has 2 aromatic rings. The molecule has 2 heterocycles. The summed E-state index contributed by atoms with van der Waals surface area (Å²) in [5.74, 6) is -6.88. The molecule has 0 fully saturated rings. The van der Waals surface area contributed by atoms with Crippen LogP contribution in [0.15, 0.2) is 30.5 Å². The number of aromatic nitrogens is 1. The largest absolute Gasteiger partial charge is 0.349 e. The smallest absolute Gasteiger partial charge is 0.292 e. The highest BCUT2D eigenvalue weighted by molar-refractivity contribution is 6.02. The van der Waals surface area contributed by atoms with E-state index in [0.29, 0.717) is 24.0 Å². The number of fused-ring (bicyclic) bond motifs is 1. The van der Waals surface area contributed by atoms with Gasteiger partial charge in [0.15, 0.2) is 5.82 Å². The van der Waals surface area contributed by atoms with E-state index in [4.69, 9.17) is 0 Å². The molecule has 142 valence electrons. The number of alkyl halides is 2. The fraction of sp³-hybridized carbons (Fsp3) is 0.235. The maximum atomic E-state index is 14.1. The quantitative estimate of drug-likeness (QED) is 0.796. The number of hydrogen-bond acceptors (Lipinski definition) is 4. The van der Waals surface area contributed by atoms with Crippen molar-refractivity contribution in [3.63, 3.8) is 0 Å². The van der Waals surface area contributed by atoms with Gasteiger partial charge in [0.2, 0.25) is 5.91 Å². The number of pyridine rings is 1. The molecule has 0 radical (unpaired) electrons. The number of halogens is 4. The van der Waals surface area contributed by atoms with E-state index in [0.717, 1.165) is 0 Å². The highest BCUT2D eigenvalue weighted by Gasteiger charge is 2.35. The third-order valence-corrected chi connectivity index (χ3v) is 3.94. The van der Waals surface area contributed by atoms with Crippen LogP contribution in [0.1, 0.15) is 15.9 Å². The van der Waals surface area contributed by atoms with Crippen molar-refractivity contribution >= 4 is 23.3 Å². The molecule has 27 heavy (non-hydrogen) atoms. The number of hydrogen-bond donors (Lipinski definition) is 2. The van der Waals surface area contributed by atoms with Crippen LogP contribution in [0.3, 0.4) is 0 Å². The molecule has 0 saturated heterocycles. The molecule has 2 amide bonds. The lowest BCUT2D eigenvalue weighted by molar-refractivity contribution is -0.115. The zero-order chi connectivity index (χ0) is 19.8. The van der Waals surface area contributed by atoms with E-state index in [-0.39, 0.29) is 23.7 Å². The Morgan fingerprint density at radius 1 is 1.33 bits per heavy atom. The SMILES string of the molecule is CN1CC(=O)Nc2cc(C(=O)NCC(F)(F)c3ccc(F)cc3F)cnc21. The van der Waals surface area contributed by atoms with Crippen LogP contribution in [0.4, 0.5) is 29.1 Å². The number of anilines is 2. The van der Waals surface area contributed by atoms with Gasteiger partial charge in [0.05, 0.1) is 29.9 Å². The maximum absolute atomic E-state index is 14.1. The topological polar surface area (TPSA) is 74.3 Å². The molecule has 0 spiro atoms. The standard InChI is InChI=1S/C17H14F4N4O2/c1-25-7-14(26)24-13-4-9(6-22-15(13)25)16(27)23-8-17(20,21)11-3-2-10(18)5-12(11)19/h2-6H,7-8H2,1H3,(H,23,27)(H,24,26). The van der Waals surface area contributed by atoms with E-state index in [9.17, 15) is 27.2 Å². The fourth-order valence-corrected chi connectivity index (χ4v) is 2.63. The summed E-state index contributed by atoms with van der Waals surface area (Å²) in [6.45, 7) is -1.10. The van der Waals surface area contributed by atoms with E-state index >= 15 is 0 Å². The number of nitrogens with zero attached hydrogens (tertiary/aromatic N) is 2. The normalized spacial score (nSPS) is 13.8. The second-order valence-corrected chi connectivity index (χ2v) is 6.01. The van der Waals surface area contributed by atoms with Crippen molar-refractivity contribution in [1.29, 1.82) is 0 Å². The second-order valence-electron chi connectivity index (χ2n) is 6.01. The molecular formula is C17H14F4N4O2. The number of carbonyl (C=O) groups excluding carboxylic acids is 2. The summed E-state index contributed by atoms with van der Waals surface area (Å²) in [6.07, 6.45) is 1.18. The van der Waals surface area contributed by atoms with Gasteiger partial charge in [-0.2, -0.15) is 8.78 Å². The maximum Gasteiger partial charge on any atom is 0.292 e. The van der Waals surface area contributed by atoms with Crippen molar-refractivity contribution in [3.8, 4) is 0 Å². The van der Waals surface area contributed by atoms with Gasteiger partial charge < -0.3 is 15.5 Å². The third-order valence-electron chi connectivity index (χ3n) is 3.94. The van der Waals surface area contributed by atoms with Gasteiger partial charge >= 0.3 is 0 Å². The summed E-state index contributed by atoms with van der Waals surface area (Å²) < 4.78 is 54.7. The first-order chi connectivity index (χ1) is 12.7.